The van der Waals surface area contributed by atoms with Crippen molar-refractivity contribution in [2.75, 3.05) is 7.11 Å². The Hall–Kier alpha value is -3.35. The third-order valence-corrected chi connectivity index (χ3v) is 4.16. The quantitative estimate of drug-likeness (QED) is 0.547. The number of fused-ring (bicyclic) bond motifs is 1. The Kier molecular flexibility index (Phi) is 5.09. The second kappa shape index (κ2) is 7.24. The highest BCUT2D eigenvalue weighted by Crippen LogP contribution is 2.38. The molecular weight excluding hydrogens is 400 g/mol. The summed E-state index contributed by atoms with van der Waals surface area (Å²) < 4.78 is 83.9. The lowest BCUT2D eigenvalue weighted by Crippen LogP contribution is -2.14. The van der Waals surface area contributed by atoms with Crippen LogP contribution in [0.4, 0.5) is 26.3 Å². The first-order valence-electron chi connectivity index (χ1n) is 8.04. The van der Waals surface area contributed by atoms with E-state index in [2.05, 4.69) is 9.97 Å². The molecule has 0 N–H and O–H groups in total. The summed E-state index contributed by atoms with van der Waals surface area (Å²) in [6.45, 7) is 0. The standard InChI is InChI=1S/C19H11F6N3O/c1-29-11-4-2-10(3-5-11)13(9-26)15-7-6-12-14(18(20,21)22)8-16(19(23,24)25)28-17(12)27-15/h2-8,13H,1H3/t13-/m0/s1. The molecule has 0 saturated heterocycles. The SMILES string of the molecule is COc1ccc([C@H](C#N)c2ccc3c(C(F)(F)F)cc(C(F)(F)F)nc3n2)cc1. The number of hydrogen-bond acceptors (Lipinski definition) is 4. The number of aromatic nitrogens is 2. The van der Waals surface area contributed by atoms with Crippen LogP contribution < -0.4 is 4.74 Å². The van der Waals surface area contributed by atoms with Crippen molar-refractivity contribution in [1.82, 2.24) is 9.97 Å². The third-order valence-electron chi connectivity index (χ3n) is 4.16. The average Bonchev–Trinajstić information content (AvgIpc) is 2.66. The molecule has 0 fully saturated rings. The van der Waals surface area contributed by atoms with Gasteiger partial charge in [0.15, 0.2) is 5.65 Å². The number of rotatable bonds is 3. The smallest absolute Gasteiger partial charge is 0.433 e. The Labute approximate surface area is 160 Å². The second-order valence-corrected chi connectivity index (χ2v) is 5.99. The second-order valence-electron chi connectivity index (χ2n) is 5.99. The molecule has 1 atom stereocenters. The normalized spacial score (nSPS) is 13.2. The molecule has 150 valence electrons. The fourth-order valence-electron chi connectivity index (χ4n) is 2.77. The van der Waals surface area contributed by atoms with Crippen molar-refractivity contribution in [3.63, 3.8) is 0 Å². The molecule has 2 aromatic heterocycles. The summed E-state index contributed by atoms with van der Waals surface area (Å²) >= 11 is 0. The molecule has 4 nitrogen and oxygen atoms in total. The minimum absolute atomic E-state index is 0.0230. The van der Waals surface area contributed by atoms with E-state index in [1.165, 1.54) is 13.2 Å². The Morgan fingerprint density at radius 2 is 1.59 bits per heavy atom. The zero-order valence-electron chi connectivity index (χ0n) is 14.6. The molecule has 10 heteroatoms. The number of hydrogen-bond donors (Lipinski definition) is 0. The van der Waals surface area contributed by atoms with E-state index in [1.54, 1.807) is 24.3 Å². The number of methoxy groups -OCH3 is 1. The van der Waals surface area contributed by atoms with Gasteiger partial charge in [0.05, 0.1) is 24.4 Å². The molecule has 1 aromatic carbocycles. The zero-order chi connectivity index (χ0) is 21.4. The van der Waals surface area contributed by atoms with Gasteiger partial charge >= 0.3 is 12.4 Å². The largest absolute Gasteiger partial charge is 0.497 e. The van der Waals surface area contributed by atoms with Gasteiger partial charge in [-0.05, 0) is 35.9 Å². The van der Waals surface area contributed by atoms with E-state index >= 15 is 0 Å². The summed E-state index contributed by atoms with van der Waals surface area (Å²) in [5.74, 6) is -0.501. The van der Waals surface area contributed by atoms with Crippen LogP contribution in [0.15, 0.2) is 42.5 Å². The van der Waals surface area contributed by atoms with Crippen LogP contribution in [0.2, 0.25) is 0 Å². The van der Waals surface area contributed by atoms with Crippen LogP contribution in [0.25, 0.3) is 11.0 Å². The first kappa shape index (κ1) is 20.4. The molecule has 0 radical (unpaired) electrons. The van der Waals surface area contributed by atoms with Gasteiger partial charge in [-0.1, -0.05) is 12.1 Å². The molecule has 29 heavy (non-hydrogen) atoms. The molecule has 0 saturated carbocycles. The molecule has 0 amide bonds. The number of ether oxygens (including phenoxy) is 1. The van der Waals surface area contributed by atoms with Gasteiger partial charge in [0, 0.05) is 5.39 Å². The molecule has 0 bridgehead atoms. The fraction of sp³-hybridized carbons (Fsp3) is 0.211. The molecule has 2 heterocycles. The summed E-state index contributed by atoms with van der Waals surface area (Å²) in [6, 6.07) is 10.3. The molecular formula is C19H11F6N3O. The molecule has 3 rings (SSSR count). The van der Waals surface area contributed by atoms with Crippen molar-refractivity contribution in [3.05, 3.63) is 65.0 Å². The number of alkyl halides is 6. The van der Waals surface area contributed by atoms with Crippen molar-refractivity contribution in [2.24, 2.45) is 0 Å². The maximum atomic E-state index is 13.3. The van der Waals surface area contributed by atoms with E-state index in [-0.39, 0.29) is 11.8 Å². The van der Waals surface area contributed by atoms with Gasteiger partial charge in [-0.15, -0.1) is 0 Å². The molecule has 0 aliphatic heterocycles. The maximum Gasteiger partial charge on any atom is 0.433 e. The number of benzene rings is 1. The summed E-state index contributed by atoms with van der Waals surface area (Å²) in [7, 11) is 1.45. The predicted octanol–water partition coefficient (Wildman–Crippen LogP) is 5.33. The maximum absolute atomic E-state index is 13.3. The Morgan fingerprint density at radius 3 is 2.10 bits per heavy atom. The number of halogens is 6. The lowest BCUT2D eigenvalue weighted by Gasteiger charge is -2.15. The van der Waals surface area contributed by atoms with Crippen molar-refractivity contribution in [3.8, 4) is 11.8 Å². The summed E-state index contributed by atoms with van der Waals surface area (Å²) in [5.41, 5.74) is -3.52. The number of pyridine rings is 2. The Balaban J connectivity index is 2.18. The van der Waals surface area contributed by atoms with E-state index < -0.39 is 40.6 Å². The van der Waals surface area contributed by atoms with E-state index in [4.69, 9.17) is 4.74 Å². The van der Waals surface area contributed by atoms with Gasteiger partial charge in [0.1, 0.15) is 17.4 Å². The summed E-state index contributed by atoms with van der Waals surface area (Å²) in [5, 5.41) is 8.91. The first-order chi connectivity index (χ1) is 13.5. The van der Waals surface area contributed by atoms with Crippen molar-refractivity contribution >= 4 is 11.0 Å². The van der Waals surface area contributed by atoms with Crippen LogP contribution in [-0.4, -0.2) is 17.1 Å². The highest BCUT2D eigenvalue weighted by atomic mass is 19.4. The zero-order valence-corrected chi connectivity index (χ0v) is 14.6. The molecule has 3 aromatic rings. The lowest BCUT2D eigenvalue weighted by atomic mass is 9.96. The van der Waals surface area contributed by atoms with E-state index in [9.17, 15) is 31.6 Å². The highest BCUT2D eigenvalue weighted by molar-refractivity contribution is 5.80. The summed E-state index contributed by atoms with van der Waals surface area (Å²) in [4.78, 5) is 7.10. The van der Waals surface area contributed by atoms with Gasteiger partial charge in [-0.2, -0.15) is 31.6 Å². The number of nitrogens with zero attached hydrogens (tertiary/aromatic N) is 3. The minimum atomic E-state index is -5.09. The van der Waals surface area contributed by atoms with Gasteiger partial charge in [-0.3, -0.25) is 0 Å². The van der Waals surface area contributed by atoms with Crippen LogP contribution >= 0.6 is 0 Å². The summed E-state index contributed by atoms with van der Waals surface area (Å²) in [6.07, 6.45) is -10.1. The van der Waals surface area contributed by atoms with Crippen molar-refractivity contribution in [2.45, 2.75) is 18.3 Å². The van der Waals surface area contributed by atoms with E-state index in [1.807, 2.05) is 6.07 Å². The van der Waals surface area contributed by atoms with Crippen LogP contribution in [-0.2, 0) is 12.4 Å². The highest BCUT2D eigenvalue weighted by Gasteiger charge is 2.39. The van der Waals surface area contributed by atoms with Gasteiger partial charge in [0.25, 0.3) is 0 Å². The average molecular weight is 411 g/mol. The lowest BCUT2D eigenvalue weighted by molar-refractivity contribution is -0.144. The monoisotopic (exact) mass is 411 g/mol. The Morgan fingerprint density at radius 1 is 0.931 bits per heavy atom. The third kappa shape index (κ3) is 4.08. The van der Waals surface area contributed by atoms with Gasteiger partial charge in [0.2, 0.25) is 0 Å². The van der Waals surface area contributed by atoms with Crippen molar-refractivity contribution < 1.29 is 31.1 Å². The molecule has 0 spiro atoms. The van der Waals surface area contributed by atoms with Crippen LogP contribution in [0.3, 0.4) is 0 Å². The van der Waals surface area contributed by atoms with Crippen LogP contribution in [0.1, 0.15) is 28.4 Å². The van der Waals surface area contributed by atoms with Crippen LogP contribution in [0.5, 0.6) is 5.75 Å². The van der Waals surface area contributed by atoms with Gasteiger partial charge in [-0.25, -0.2) is 9.97 Å². The molecule has 0 unspecified atom stereocenters. The van der Waals surface area contributed by atoms with Crippen LogP contribution in [0, 0.1) is 11.3 Å². The molecule has 0 aliphatic rings. The van der Waals surface area contributed by atoms with E-state index in [0.29, 0.717) is 11.3 Å². The molecule has 0 aliphatic carbocycles. The Bertz CT molecular complexity index is 1080. The van der Waals surface area contributed by atoms with Crippen molar-refractivity contribution in [1.29, 1.82) is 5.26 Å². The van der Waals surface area contributed by atoms with E-state index in [0.717, 1.165) is 6.07 Å². The fourth-order valence-corrected chi connectivity index (χ4v) is 2.77. The minimum Gasteiger partial charge on any atom is -0.497 e. The predicted molar refractivity (Wildman–Crippen MR) is 90.0 cm³/mol. The van der Waals surface area contributed by atoms with Gasteiger partial charge < -0.3 is 4.74 Å². The first-order valence-corrected chi connectivity index (χ1v) is 8.04. The topological polar surface area (TPSA) is 58.8 Å². The number of nitriles is 1.